The van der Waals surface area contributed by atoms with Crippen LogP contribution in [0.3, 0.4) is 0 Å². The average Bonchev–Trinajstić information content (AvgIpc) is 3.58. The fraction of sp³-hybridized carbons (Fsp3) is 0. The maximum atomic E-state index is 9.02. The highest BCUT2D eigenvalue weighted by Crippen LogP contribution is 2.55. The van der Waals surface area contributed by atoms with E-state index >= 15 is 0 Å². The Morgan fingerprint density at radius 2 is 0.844 bits per heavy atom. The van der Waals surface area contributed by atoms with Gasteiger partial charge in [0.05, 0.1) is 37.6 Å². The van der Waals surface area contributed by atoms with Crippen molar-refractivity contribution in [1.29, 1.82) is 21.0 Å². The van der Waals surface area contributed by atoms with Crippen LogP contribution < -0.4 is 0 Å². The molecular weight excluding hydrogens is 513 g/mol. The molecule has 0 aromatic carbocycles. The molecular formula is C22H4N4S6. The molecule has 0 N–H and O–H groups in total. The zero-order chi connectivity index (χ0) is 22.0. The molecule has 0 aliphatic heterocycles. The first-order valence-electron chi connectivity index (χ1n) is 8.90. The lowest BCUT2D eigenvalue weighted by Crippen LogP contribution is -1.68. The molecule has 32 heavy (non-hydrogen) atoms. The highest BCUT2D eigenvalue weighted by Gasteiger charge is 2.21. The summed E-state index contributed by atoms with van der Waals surface area (Å²) in [6.07, 6.45) is 3.31. The second-order valence-corrected chi connectivity index (χ2v) is 12.9. The summed E-state index contributed by atoms with van der Waals surface area (Å²) >= 11 is 10.4. The van der Waals surface area contributed by atoms with Gasteiger partial charge in [0.15, 0.2) is 0 Å². The van der Waals surface area contributed by atoms with E-state index in [-0.39, 0.29) is 11.1 Å². The van der Waals surface area contributed by atoms with Gasteiger partial charge in [-0.15, -0.1) is 68.0 Å². The Balaban J connectivity index is 1.53. The van der Waals surface area contributed by atoms with Crippen molar-refractivity contribution in [2.24, 2.45) is 0 Å². The lowest BCUT2D eigenvalue weighted by atomic mass is 10.3. The topological polar surface area (TPSA) is 95.2 Å². The molecule has 6 rings (SSSR count). The van der Waals surface area contributed by atoms with Crippen molar-refractivity contribution in [2.75, 3.05) is 0 Å². The van der Waals surface area contributed by atoms with Gasteiger partial charge >= 0.3 is 0 Å². The second kappa shape index (κ2) is 7.24. The summed E-state index contributed by atoms with van der Waals surface area (Å²) in [6.45, 7) is 0. The smallest absolute Gasteiger partial charge is 0.131 e. The van der Waals surface area contributed by atoms with Gasteiger partial charge in [0, 0.05) is 19.2 Å². The molecule has 10 heteroatoms. The highest BCUT2D eigenvalue weighted by atomic mass is 32.1. The van der Waals surface area contributed by atoms with Crippen molar-refractivity contribution in [3.8, 4) is 24.3 Å². The fourth-order valence-electron chi connectivity index (χ4n) is 3.46. The van der Waals surface area contributed by atoms with Gasteiger partial charge in [-0.1, -0.05) is 0 Å². The lowest BCUT2D eigenvalue weighted by Gasteiger charge is -1.83. The van der Waals surface area contributed by atoms with Crippen LogP contribution in [0.25, 0.3) is 59.2 Å². The van der Waals surface area contributed by atoms with E-state index in [4.69, 9.17) is 21.0 Å². The van der Waals surface area contributed by atoms with Gasteiger partial charge in [-0.05, 0) is 24.3 Å². The molecule has 148 valence electrons. The zero-order valence-electron chi connectivity index (χ0n) is 15.5. The number of nitriles is 4. The maximum Gasteiger partial charge on any atom is 0.131 e. The minimum Gasteiger partial charge on any atom is -0.192 e. The molecule has 0 fully saturated rings. The number of nitrogens with zero attached hydrogens (tertiary/aromatic N) is 4. The summed E-state index contributed by atoms with van der Waals surface area (Å²) in [5.41, 5.74) is 0.238. The quantitative estimate of drug-likeness (QED) is 0.215. The van der Waals surface area contributed by atoms with E-state index < -0.39 is 0 Å². The number of hydrogen-bond donors (Lipinski definition) is 0. The van der Waals surface area contributed by atoms with Crippen LogP contribution in [0.2, 0.25) is 0 Å². The molecule has 0 aliphatic rings. The van der Waals surface area contributed by atoms with E-state index in [9.17, 15) is 0 Å². The Labute approximate surface area is 204 Å². The SMILES string of the molecule is N#CC(C#N)=Cc1cc2sc3c(sc4c5sc6cc(C=C(C#N)C#N)sc6c5sc34)c2s1. The second-order valence-electron chi connectivity index (χ2n) is 6.63. The van der Waals surface area contributed by atoms with Crippen molar-refractivity contribution < 1.29 is 0 Å². The molecule has 0 aliphatic carbocycles. The van der Waals surface area contributed by atoms with Crippen LogP contribution in [0.5, 0.6) is 0 Å². The van der Waals surface area contributed by atoms with E-state index in [1.54, 1.807) is 57.5 Å². The maximum absolute atomic E-state index is 9.02. The van der Waals surface area contributed by atoms with Gasteiger partial charge in [0.2, 0.25) is 0 Å². The van der Waals surface area contributed by atoms with Gasteiger partial charge in [-0.25, -0.2) is 0 Å². The molecule has 6 aromatic rings. The first kappa shape index (κ1) is 19.6. The van der Waals surface area contributed by atoms with Gasteiger partial charge < -0.3 is 0 Å². The van der Waals surface area contributed by atoms with E-state index in [2.05, 4.69) is 12.1 Å². The van der Waals surface area contributed by atoms with Crippen LogP contribution in [0, 0.1) is 45.3 Å². The molecule has 0 unspecified atom stereocenters. The van der Waals surface area contributed by atoms with Crippen LogP contribution in [-0.4, -0.2) is 0 Å². The molecule has 0 saturated heterocycles. The van der Waals surface area contributed by atoms with Crippen molar-refractivity contribution in [2.45, 2.75) is 0 Å². The number of fused-ring (bicyclic) bond motifs is 9. The molecule has 6 heterocycles. The van der Waals surface area contributed by atoms with Crippen LogP contribution in [0.1, 0.15) is 9.75 Å². The summed E-state index contributed by atoms with van der Waals surface area (Å²) in [7, 11) is 0. The first-order chi connectivity index (χ1) is 15.6. The lowest BCUT2D eigenvalue weighted by molar-refractivity contribution is 1.47. The molecule has 0 atom stereocenters. The molecule has 4 nitrogen and oxygen atoms in total. The normalized spacial score (nSPS) is 11.0. The molecule has 6 aromatic heterocycles. The van der Waals surface area contributed by atoms with E-state index in [1.807, 2.05) is 47.0 Å². The number of thiophene rings is 6. The largest absolute Gasteiger partial charge is 0.192 e. The van der Waals surface area contributed by atoms with Crippen LogP contribution >= 0.6 is 68.0 Å². The Morgan fingerprint density at radius 1 is 0.500 bits per heavy atom. The monoisotopic (exact) mass is 516 g/mol. The van der Waals surface area contributed by atoms with Crippen molar-refractivity contribution >= 4 is 127 Å². The Bertz CT molecular complexity index is 1800. The Morgan fingerprint density at radius 3 is 1.22 bits per heavy atom. The minimum absolute atomic E-state index is 0.119. The van der Waals surface area contributed by atoms with Crippen LogP contribution in [0.4, 0.5) is 0 Å². The van der Waals surface area contributed by atoms with E-state index in [0.717, 1.165) is 9.75 Å². The Hall–Kier alpha value is -3.06. The molecule has 0 bridgehead atoms. The molecule has 0 radical (unpaired) electrons. The number of rotatable bonds is 2. The third-order valence-corrected chi connectivity index (χ3v) is 12.9. The van der Waals surface area contributed by atoms with Crippen LogP contribution in [0.15, 0.2) is 23.3 Å². The predicted octanol–water partition coefficient (Wildman–Crippen LogP) is 8.68. The Kier molecular flexibility index (Phi) is 4.43. The molecule has 0 spiro atoms. The van der Waals surface area contributed by atoms with Crippen molar-refractivity contribution in [3.63, 3.8) is 0 Å². The number of hydrogen-bond acceptors (Lipinski definition) is 10. The third-order valence-electron chi connectivity index (χ3n) is 4.77. The van der Waals surface area contributed by atoms with Gasteiger partial charge in [-0.2, -0.15) is 21.0 Å². The van der Waals surface area contributed by atoms with Gasteiger partial charge in [0.25, 0.3) is 0 Å². The van der Waals surface area contributed by atoms with Crippen molar-refractivity contribution in [1.82, 2.24) is 0 Å². The first-order valence-corrected chi connectivity index (χ1v) is 13.8. The van der Waals surface area contributed by atoms with Gasteiger partial charge in [0.1, 0.15) is 35.4 Å². The summed E-state index contributed by atoms with van der Waals surface area (Å²) in [4.78, 5) is 1.86. The highest BCUT2D eigenvalue weighted by molar-refractivity contribution is 7.50. The van der Waals surface area contributed by atoms with Crippen molar-refractivity contribution in [3.05, 3.63) is 33.0 Å². The molecule has 0 amide bonds. The number of allylic oxidation sites excluding steroid dienone is 2. The zero-order valence-corrected chi connectivity index (χ0v) is 20.4. The standard InChI is InChI=1S/C22H4N4S6/c23-5-9(6-24)1-11-3-13-15(27-11)17-19(29-13)21-22(31-17)20-18(32-21)16-14(30-20)4-12(28-16)2-10(7-25)8-26/h1-4H. The summed E-state index contributed by atoms with van der Waals surface area (Å²) < 4.78 is 12.6. The van der Waals surface area contributed by atoms with Crippen LogP contribution in [-0.2, 0) is 0 Å². The molecule has 0 saturated carbocycles. The summed E-state index contributed by atoms with van der Waals surface area (Å²) in [5.74, 6) is 0. The van der Waals surface area contributed by atoms with E-state index in [0.29, 0.717) is 0 Å². The third kappa shape index (κ3) is 2.77. The average molecular weight is 517 g/mol. The summed E-state index contributed by atoms with van der Waals surface area (Å²) in [5, 5.41) is 36.1. The predicted molar refractivity (Wildman–Crippen MR) is 140 cm³/mol. The fourth-order valence-corrected chi connectivity index (χ4v) is 12.2. The summed E-state index contributed by atoms with van der Waals surface area (Å²) in [6, 6.07) is 11.8. The van der Waals surface area contributed by atoms with Gasteiger partial charge in [-0.3, -0.25) is 0 Å². The van der Waals surface area contributed by atoms with E-state index in [1.165, 1.54) is 47.0 Å². The minimum atomic E-state index is 0.119.